The number of rotatable bonds is 6. The maximum Gasteiger partial charge on any atom is 0.325 e. The summed E-state index contributed by atoms with van der Waals surface area (Å²) < 4.78 is 4.57. The number of aromatic nitrogens is 1. The first-order chi connectivity index (χ1) is 15.0. The molecule has 2 aromatic carbocycles. The molecule has 3 aromatic rings. The van der Waals surface area contributed by atoms with E-state index in [9.17, 15) is 9.59 Å². The number of carbonyl (C=O) groups excluding carboxylic acids is 2. The van der Waals surface area contributed by atoms with Crippen molar-refractivity contribution in [3.05, 3.63) is 70.4 Å². The molecule has 1 aromatic heterocycles. The van der Waals surface area contributed by atoms with Gasteiger partial charge in [-0.1, -0.05) is 48.0 Å². The molecule has 2 atom stereocenters. The molecule has 0 aliphatic carbocycles. The summed E-state index contributed by atoms with van der Waals surface area (Å²) in [5.74, 6) is -0.537. The molecule has 1 amide bonds. The lowest BCUT2D eigenvalue weighted by Crippen LogP contribution is -2.40. The predicted molar refractivity (Wildman–Crippen MR) is 121 cm³/mol. The zero-order chi connectivity index (χ0) is 22.0. The number of benzene rings is 2. The third-order valence-electron chi connectivity index (χ3n) is 6.07. The molecule has 4 rings (SSSR count). The van der Waals surface area contributed by atoms with Gasteiger partial charge in [-0.25, -0.2) is 0 Å². The number of hydrogen-bond acceptors (Lipinski definition) is 4. The number of esters is 1. The Hall–Kier alpha value is -2.83. The highest BCUT2D eigenvalue weighted by molar-refractivity contribution is 6.31. The molecule has 1 aliphatic rings. The second-order valence-electron chi connectivity index (χ2n) is 7.85. The average Bonchev–Trinajstić information content (AvgIpc) is 3.18. The van der Waals surface area contributed by atoms with E-state index in [1.165, 1.54) is 18.1 Å². The molecular weight excluding hydrogens is 414 g/mol. The van der Waals surface area contributed by atoms with Crippen molar-refractivity contribution in [1.29, 1.82) is 0 Å². The number of halogens is 1. The zero-order valence-electron chi connectivity index (χ0n) is 17.7. The Bertz CT molecular complexity index is 1110. The summed E-state index contributed by atoms with van der Waals surface area (Å²) in [5, 5.41) is 4.57. The van der Waals surface area contributed by atoms with Crippen molar-refractivity contribution in [2.45, 2.75) is 25.3 Å². The summed E-state index contributed by atoms with van der Waals surface area (Å²) >= 11 is 6.60. The second-order valence-corrected chi connectivity index (χ2v) is 8.25. The van der Waals surface area contributed by atoms with Crippen molar-refractivity contribution in [2.24, 2.45) is 0 Å². The Labute approximate surface area is 186 Å². The van der Waals surface area contributed by atoms with Gasteiger partial charge in [-0.3, -0.25) is 14.5 Å². The largest absolute Gasteiger partial charge is 0.468 e. The molecule has 0 fully saturated rings. The smallest absolute Gasteiger partial charge is 0.325 e. The van der Waals surface area contributed by atoms with Crippen molar-refractivity contribution in [3.8, 4) is 0 Å². The van der Waals surface area contributed by atoms with E-state index in [4.69, 9.17) is 11.6 Å². The van der Waals surface area contributed by atoms with Crippen molar-refractivity contribution in [2.75, 3.05) is 26.7 Å². The van der Waals surface area contributed by atoms with Gasteiger partial charge in [-0.05, 0) is 30.2 Å². The third kappa shape index (κ3) is 4.31. The van der Waals surface area contributed by atoms with Gasteiger partial charge in [0, 0.05) is 53.1 Å². The van der Waals surface area contributed by atoms with Gasteiger partial charge in [0.15, 0.2) is 0 Å². The van der Waals surface area contributed by atoms with Crippen LogP contribution < -0.4 is 5.32 Å². The minimum absolute atomic E-state index is 0.0918. The van der Waals surface area contributed by atoms with Crippen molar-refractivity contribution < 1.29 is 14.3 Å². The van der Waals surface area contributed by atoms with Crippen LogP contribution in [0.3, 0.4) is 0 Å². The number of para-hydroxylation sites is 1. The van der Waals surface area contributed by atoms with Crippen LogP contribution in [-0.4, -0.2) is 48.5 Å². The molecule has 0 saturated heterocycles. The lowest BCUT2D eigenvalue weighted by Gasteiger charge is -2.38. The number of aromatic amines is 1. The molecular formula is C24H26ClN3O3. The quantitative estimate of drug-likeness (QED) is 0.569. The minimum Gasteiger partial charge on any atom is -0.468 e. The van der Waals surface area contributed by atoms with Crippen LogP contribution in [0, 0.1) is 0 Å². The fraction of sp³-hybridized carbons (Fsp3) is 0.333. The molecule has 162 valence electrons. The fourth-order valence-electron chi connectivity index (χ4n) is 4.43. The van der Waals surface area contributed by atoms with Crippen LogP contribution >= 0.6 is 11.6 Å². The molecule has 1 aliphatic heterocycles. The first-order valence-corrected chi connectivity index (χ1v) is 10.8. The summed E-state index contributed by atoms with van der Waals surface area (Å²) in [7, 11) is 1.30. The van der Waals surface area contributed by atoms with E-state index in [0.29, 0.717) is 13.0 Å². The molecule has 2 heterocycles. The number of carbonyl (C=O) groups is 2. The Balaban J connectivity index is 1.62. The summed E-state index contributed by atoms with van der Waals surface area (Å²) in [4.78, 5) is 29.4. The Morgan fingerprint density at radius 2 is 1.94 bits per heavy atom. The maximum absolute atomic E-state index is 12.2. The molecule has 0 bridgehead atoms. The number of H-pyrrole nitrogens is 1. The Kier molecular flexibility index (Phi) is 6.30. The van der Waals surface area contributed by atoms with E-state index >= 15 is 0 Å². The lowest BCUT2D eigenvalue weighted by atomic mass is 9.83. The molecule has 0 spiro atoms. The highest BCUT2D eigenvalue weighted by Crippen LogP contribution is 2.44. The summed E-state index contributed by atoms with van der Waals surface area (Å²) in [6.07, 6.45) is 0.298. The Morgan fingerprint density at radius 3 is 2.71 bits per heavy atom. The standard InChI is InChI=1S/C24H26ClN3O3/c1-15-24-23(17-8-4-6-10-20(17)27-24)18(16-7-3-5-9-19(16)25)14-28(15)12-11-21(29)26-13-22(30)31-2/h3-10,15,18,27H,11-14H2,1-2H3,(H,26,29). The SMILES string of the molecule is COC(=O)CNC(=O)CCN1CC(c2ccccc2Cl)c2c([nH]c3ccccc23)C1C. The third-order valence-corrected chi connectivity index (χ3v) is 6.42. The normalized spacial score (nSPS) is 18.5. The monoisotopic (exact) mass is 439 g/mol. The van der Waals surface area contributed by atoms with Gasteiger partial charge in [0.1, 0.15) is 6.54 Å². The number of fused-ring (bicyclic) bond motifs is 3. The fourth-order valence-corrected chi connectivity index (χ4v) is 4.70. The number of hydrogen-bond donors (Lipinski definition) is 2. The number of methoxy groups -OCH3 is 1. The van der Waals surface area contributed by atoms with Gasteiger partial charge in [0.2, 0.25) is 5.91 Å². The number of ether oxygens (including phenoxy) is 1. The number of nitrogens with one attached hydrogen (secondary N) is 2. The molecule has 2 N–H and O–H groups in total. The van der Waals surface area contributed by atoms with Crippen LogP contribution in [0.15, 0.2) is 48.5 Å². The summed E-state index contributed by atoms with van der Waals surface area (Å²) in [5.41, 5.74) is 4.63. The van der Waals surface area contributed by atoms with E-state index in [0.717, 1.165) is 28.3 Å². The van der Waals surface area contributed by atoms with Crippen molar-refractivity contribution in [3.63, 3.8) is 0 Å². The van der Waals surface area contributed by atoms with Gasteiger partial charge in [-0.15, -0.1) is 0 Å². The van der Waals surface area contributed by atoms with Gasteiger partial charge < -0.3 is 15.0 Å². The van der Waals surface area contributed by atoms with Crippen LogP contribution in [0.5, 0.6) is 0 Å². The van der Waals surface area contributed by atoms with E-state index < -0.39 is 5.97 Å². The first kappa shape index (κ1) is 21.4. The van der Waals surface area contributed by atoms with Crippen molar-refractivity contribution in [1.82, 2.24) is 15.2 Å². The topological polar surface area (TPSA) is 74.4 Å². The van der Waals surface area contributed by atoms with Gasteiger partial charge in [0.05, 0.1) is 7.11 Å². The predicted octanol–water partition coefficient (Wildman–Crippen LogP) is 4.01. The summed E-state index contributed by atoms with van der Waals surface area (Å²) in [6.45, 7) is 3.37. The van der Waals surface area contributed by atoms with E-state index in [-0.39, 0.29) is 24.4 Å². The number of nitrogens with zero attached hydrogens (tertiary/aromatic N) is 1. The van der Waals surface area contributed by atoms with Crippen LogP contribution in [0.2, 0.25) is 5.02 Å². The average molecular weight is 440 g/mol. The zero-order valence-corrected chi connectivity index (χ0v) is 18.4. The van der Waals surface area contributed by atoms with E-state index in [1.54, 1.807) is 0 Å². The highest BCUT2D eigenvalue weighted by Gasteiger charge is 2.35. The van der Waals surface area contributed by atoms with Gasteiger partial charge >= 0.3 is 5.97 Å². The van der Waals surface area contributed by atoms with Gasteiger partial charge in [0.25, 0.3) is 0 Å². The van der Waals surface area contributed by atoms with Crippen LogP contribution in [-0.2, 0) is 14.3 Å². The van der Waals surface area contributed by atoms with Gasteiger partial charge in [-0.2, -0.15) is 0 Å². The van der Waals surface area contributed by atoms with E-state index in [2.05, 4.69) is 51.1 Å². The van der Waals surface area contributed by atoms with Crippen molar-refractivity contribution >= 4 is 34.4 Å². The van der Waals surface area contributed by atoms with E-state index in [1.807, 2.05) is 24.3 Å². The Morgan fingerprint density at radius 1 is 1.19 bits per heavy atom. The lowest BCUT2D eigenvalue weighted by molar-refractivity contribution is -0.141. The molecule has 6 nitrogen and oxygen atoms in total. The molecule has 31 heavy (non-hydrogen) atoms. The first-order valence-electron chi connectivity index (χ1n) is 10.4. The minimum atomic E-state index is -0.457. The molecule has 0 radical (unpaired) electrons. The maximum atomic E-state index is 12.2. The second kappa shape index (κ2) is 9.12. The molecule has 0 saturated carbocycles. The molecule has 2 unspecified atom stereocenters. The van der Waals surface area contributed by atoms with Crippen LogP contribution in [0.1, 0.15) is 42.1 Å². The van der Waals surface area contributed by atoms with Crippen LogP contribution in [0.4, 0.5) is 0 Å². The number of amides is 1. The van der Waals surface area contributed by atoms with Crippen LogP contribution in [0.25, 0.3) is 10.9 Å². The summed E-state index contributed by atoms with van der Waals surface area (Å²) in [6, 6.07) is 16.4. The highest BCUT2D eigenvalue weighted by atomic mass is 35.5. The molecule has 7 heteroatoms.